The molecule has 0 aromatic heterocycles. The van der Waals surface area contributed by atoms with E-state index in [0.717, 1.165) is 28.9 Å². The van der Waals surface area contributed by atoms with Gasteiger partial charge < -0.3 is 9.47 Å². The number of hydrogen-bond acceptors (Lipinski definition) is 5. The lowest BCUT2D eigenvalue weighted by molar-refractivity contribution is -0.121. The number of hydrogen-bond donors (Lipinski definition) is 0. The molecule has 0 N–H and O–H groups in total. The summed E-state index contributed by atoms with van der Waals surface area (Å²) in [6.45, 7) is 10.7. The Morgan fingerprint density at radius 1 is 1.06 bits per heavy atom. The van der Waals surface area contributed by atoms with Crippen LogP contribution in [0.3, 0.4) is 0 Å². The summed E-state index contributed by atoms with van der Waals surface area (Å²) < 4.78 is 12.4. The molecule has 160 valence electrons. The predicted octanol–water partition coefficient (Wildman–Crippen LogP) is 5.57. The lowest BCUT2D eigenvalue weighted by Crippen LogP contribution is -2.27. The highest BCUT2D eigenvalue weighted by molar-refractivity contribution is 8.26. The average Bonchev–Trinajstić information content (AvgIpc) is 3.01. The van der Waals surface area contributed by atoms with Gasteiger partial charge in [-0.3, -0.25) is 9.69 Å². The van der Waals surface area contributed by atoms with Crippen LogP contribution in [0.25, 0.3) is 6.08 Å². The fourth-order valence-electron chi connectivity index (χ4n) is 3.11. The predicted molar refractivity (Wildman–Crippen MR) is 133 cm³/mol. The Balaban J connectivity index is 1.68. The number of nitrogens with zero attached hydrogens (tertiary/aromatic N) is 1. The van der Waals surface area contributed by atoms with Crippen LogP contribution in [0.4, 0.5) is 0 Å². The highest BCUT2D eigenvalue weighted by Crippen LogP contribution is 2.34. The second-order valence-electron chi connectivity index (χ2n) is 6.92. The van der Waals surface area contributed by atoms with Crippen LogP contribution < -0.4 is 9.47 Å². The maximum atomic E-state index is 12.6. The third-order valence-corrected chi connectivity index (χ3v) is 5.95. The molecule has 4 nitrogen and oxygen atoms in total. The molecule has 0 aliphatic carbocycles. The van der Waals surface area contributed by atoms with E-state index >= 15 is 0 Å². The molecule has 0 saturated carbocycles. The number of benzene rings is 2. The van der Waals surface area contributed by atoms with Gasteiger partial charge in [-0.2, -0.15) is 0 Å². The van der Waals surface area contributed by atoms with E-state index in [2.05, 4.69) is 13.2 Å². The summed E-state index contributed by atoms with van der Waals surface area (Å²) in [5.41, 5.74) is 3.01. The summed E-state index contributed by atoms with van der Waals surface area (Å²) >= 11 is 6.62. The van der Waals surface area contributed by atoms with E-state index in [1.165, 1.54) is 11.8 Å². The van der Waals surface area contributed by atoms with E-state index < -0.39 is 0 Å². The Morgan fingerprint density at radius 2 is 1.81 bits per heavy atom. The van der Waals surface area contributed by atoms with Gasteiger partial charge in [-0.25, -0.2) is 0 Å². The van der Waals surface area contributed by atoms with E-state index in [9.17, 15) is 4.79 Å². The average molecular weight is 452 g/mol. The molecule has 1 amide bonds. The first kappa shape index (κ1) is 22.8. The quantitative estimate of drug-likeness (QED) is 0.204. The molecule has 0 unspecified atom stereocenters. The van der Waals surface area contributed by atoms with Gasteiger partial charge in [-0.1, -0.05) is 66.0 Å². The first-order chi connectivity index (χ1) is 15.0. The van der Waals surface area contributed by atoms with E-state index in [4.69, 9.17) is 21.7 Å². The molecule has 2 aromatic carbocycles. The van der Waals surface area contributed by atoms with Crippen molar-refractivity contribution in [2.24, 2.45) is 0 Å². The highest BCUT2D eigenvalue weighted by atomic mass is 32.2. The van der Waals surface area contributed by atoms with E-state index in [0.29, 0.717) is 34.7 Å². The summed E-state index contributed by atoms with van der Waals surface area (Å²) in [5, 5.41) is 0. The minimum atomic E-state index is -0.107. The van der Waals surface area contributed by atoms with Crippen molar-refractivity contribution in [1.29, 1.82) is 0 Å². The van der Waals surface area contributed by atoms with Crippen molar-refractivity contribution in [1.82, 2.24) is 4.90 Å². The Hall–Kier alpha value is -2.83. The normalized spacial score (nSPS) is 14.7. The molecule has 3 rings (SSSR count). The number of carbonyl (C=O) groups excluding carboxylic acids is 1. The fourth-order valence-corrected chi connectivity index (χ4v) is 4.38. The van der Waals surface area contributed by atoms with Crippen LogP contribution in [0.1, 0.15) is 16.7 Å². The van der Waals surface area contributed by atoms with Crippen molar-refractivity contribution in [3.63, 3.8) is 0 Å². The van der Waals surface area contributed by atoms with Crippen LogP contribution in [-0.4, -0.2) is 34.9 Å². The van der Waals surface area contributed by atoms with Gasteiger partial charge in [-0.15, -0.1) is 13.2 Å². The van der Waals surface area contributed by atoms with Gasteiger partial charge in [0, 0.05) is 12.1 Å². The number of allylic oxidation sites excluding steroid dienone is 1. The second kappa shape index (κ2) is 11.0. The smallest absolute Gasteiger partial charge is 0.266 e. The standard InChI is InChI=1S/C25H25NO3S2/c1-4-8-19-9-6-7-10-21(19)28-14-15-29-22-12-11-18(3)16-20(22)17-23-24(27)26(13-5-2)25(30)31-23/h4-7,9-12,16-17H,1-2,8,13-15H2,3H3/b23-17-. The Morgan fingerprint density at radius 3 is 2.55 bits per heavy atom. The largest absolute Gasteiger partial charge is 0.490 e. The summed E-state index contributed by atoms with van der Waals surface area (Å²) in [7, 11) is 0. The van der Waals surface area contributed by atoms with Crippen molar-refractivity contribution in [2.45, 2.75) is 13.3 Å². The van der Waals surface area contributed by atoms with Crippen molar-refractivity contribution < 1.29 is 14.3 Å². The molecule has 2 aromatic rings. The molecule has 31 heavy (non-hydrogen) atoms. The van der Waals surface area contributed by atoms with Crippen LogP contribution in [0.5, 0.6) is 11.5 Å². The van der Waals surface area contributed by atoms with Gasteiger partial charge in [0.2, 0.25) is 0 Å². The van der Waals surface area contributed by atoms with Gasteiger partial charge >= 0.3 is 0 Å². The number of thioether (sulfide) groups is 1. The SMILES string of the molecule is C=CCc1ccccc1OCCOc1ccc(C)cc1/C=C1\SC(=S)N(CC=C)C1=O. The maximum absolute atomic E-state index is 12.6. The van der Waals surface area contributed by atoms with Crippen LogP contribution in [0.2, 0.25) is 0 Å². The Bertz CT molecular complexity index is 1030. The van der Waals surface area contributed by atoms with Gasteiger partial charge in [0.25, 0.3) is 5.91 Å². The zero-order valence-electron chi connectivity index (χ0n) is 17.5. The van der Waals surface area contributed by atoms with Crippen molar-refractivity contribution in [3.05, 3.63) is 89.4 Å². The zero-order valence-corrected chi connectivity index (χ0v) is 19.1. The number of rotatable bonds is 10. The number of aryl methyl sites for hydroxylation is 1. The topological polar surface area (TPSA) is 38.8 Å². The lowest BCUT2D eigenvalue weighted by atomic mass is 10.1. The second-order valence-corrected chi connectivity index (χ2v) is 8.60. The highest BCUT2D eigenvalue weighted by Gasteiger charge is 2.31. The van der Waals surface area contributed by atoms with Crippen molar-refractivity contribution >= 4 is 40.3 Å². The number of ether oxygens (including phenoxy) is 2. The van der Waals surface area contributed by atoms with Crippen molar-refractivity contribution in [3.8, 4) is 11.5 Å². The molecule has 0 radical (unpaired) electrons. The summed E-state index contributed by atoms with van der Waals surface area (Å²) in [6.07, 6.45) is 6.12. The van der Waals surface area contributed by atoms with Gasteiger partial charge in [0.05, 0.1) is 4.91 Å². The van der Waals surface area contributed by atoms with Crippen LogP contribution >= 0.6 is 24.0 Å². The molecular formula is C25H25NO3S2. The number of amides is 1. The third kappa shape index (κ3) is 5.87. The minimum Gasteiger partial charge on any atom is -0.490 e. The summed E-state index contributed by atoms with van der Waals surface area (Å²) in [5.74, 6) is 1.42. The van der Waals surface area contributed by atoms with Crippen LogP contribution in [0, 0.1) is 6.92 Å². The van der Waals surface area contributed by atoms with Gasteiger partial charge in [-0.05, 0) is 43.2 Å². The maximum Gasteiger partial charge on any atom is 0.266 e. The van der Waals surface area contributed by atoms with Gasteiger partial charge in [0.15, 0.2) is 0 Å². The Labute approximate surface area is 193 Å². The van der Waals surface area contributed by atoms with Gasteiger partial charge in [0.1, 0.15) is 29.0 Å². The molecule has 1 aliphatic rings. The van der Waals surface area contributed by atoms with Crippen LogP contribution in [-0.2, 0) is 11.2 Å². The molecule has 6 heteroatoms. The van der Waals surface area contributed by atoms with E-state index in [1.54, 1.807) is 11.0 Å². The first-order valence-electron chi connectivity index (χ1n) is 9.94. The molecule has 1 heterocycles. The monoisotopic (exact) mass is 451 g/mol. The molecule has 0 atom stereocenters. The molecule has 0 spiro atoms. The lowest BCUT2D eigenvalue weighted by Gasteiger charge is -2.13. The molecule has 1 fully saturated rings. The fraction of sp³-hybridized carbons (Fsp3) is 0.200. The molecule has 1 saturated heterocycles. The van der Waals surface area contributed by atoms with Crippen LogP contribution in [0.15, 0.2) is 72.7 Å². The molecular weight excluding hydrogens is 426 g/mol. The van der Waals surface area contributed by atoms with E-state index in [-0.39, 0.29) is 5.91 Å². The summed E-state index contributed by atoms with van der Waals surface area (Å²) in [4.78, 5) is 14.8. The number of thiocarbonyl (C=S) groups is 1. The number of carbonyl (C=O) groups is 1. The molecule has 0 bridgehead atoms. The van der Waals surface area contributed by atoms with Crippen molar-refractivity contribution in [2.75, 3.05) is 19.8 Å². The summed E-state index contributed by atoms with van der Waals surface area (Å²) in [6, 6.07) is 13.8. The van der Waals surface area contributed by atoms with E-state index in [1.807, 2.05) is 61.5 Å². The minimum absolute atomic E-state index is 0.107. The molecule has 1 aliphatic heterocycles. The first-order valence-corrected chi connectivity index (χ1v) is 11.2. The Kier molecular flexibility index (Phi) is 8.09. The zero-order chi connectivity index (χ0) is 22.2. The third-order valence-electron chi connectivity index (χ3n) is 4.57. The number of para-hydroxylation sites is 1.